The number of urea groups is 1. The van der Waals surface area contributed by atoms with E-state index >= 15 is 0 Å². The van der Waals surface area contributed by atoms with Gasteiger partial charge in [-0.1, -0.05) is 20.8 Å². The number of nitrogens with one attached hydrogen (secondary N) is 1. The molecular formula is C15H28N2O4. The van der Waals surface area contributed by atoms with Crippen molar-refractivity contribution in [2.24, 2.45) is 11.8 Å². The molecule has 0 radical (unpaired) electrons. The van der Waals surface area contributed by atoms with E-state index in [9.17, 15) is 14.7 Å². The number of hydrogen-bond acceptors (Lipinski definition) is 3. The smallest absolute Gasteiger partial charge is 0.317 e. The molecule has 1 rings (SSSR count). The standard InChI is InChI=1S/C15H28N2O4/c1-5-6-17(13-9-21-8-12(13)14(18)19)15(20)16-11(4)7-10(2)3/h10-13H,5-9H2,1-4H3,(H,16,20)(H,18,19). The summed E-state index contributed by atoms with van der Waals surface area (Å²) in [6.45, 7) is 9.18. The molecule has 6 nitrogen and oxygen atoms in total. The lowest BCUT2D eigenvalue weighted by Crippen LogP contribution is -2.52. The predicted molar refractivity (Wildman–Crippen MR) is 80.2 cm³/mol. The van der Waals surface area contributed by atoms with Gasteiger partial charge in [0.15, 0.2) is 0 Å². The van der Waals surface area contributed by atoms with Crippen LogP contribution in [0.4, 0.5) is 4.79 Å². The van der Waals surface area contributed by atoms with Crippen molar-refractivity contribution < 1.29 is 19.4 Å². The van der Waals surface area contributed by atoms with Gasteiger partial charge in [-0.05, 0) is 25.7 Å². The zero-order valence-corrected chi connectivity index (χ0v) is 13.5. The highest BCUT2D eigenvalue weighted by Gasteiger charge is 2.39. The molecule has 0 spiro atoms. The second-order valence-electron chi connectivity index (χ2n) is 6.22. The molecule has 0 saturated carbocycles. The van der Waals surface area contributed by atoms with Crippen molar-refractivity contribution in [3.63, 3.8) is 0 Å². The first-order valence-electron chi connectivity index (χ1n) is 7.74. The van der Waals surface area contributed by atoms with E-state index in [1.807, 2.05) is 13.8 Å². The van der Waals surface area contributed by atoms with Crippen LogP contribution in [0.15, 0.2) is 0 Å². The Morgan fingerprint density at radius 2 is 2.00 bits per heavy atom. The van der Waals surface area contributed by atoms with Crippen molar-refractivity contribution in [1.82, 2.24) is 10.2 Å². The van der Waals surface area contributed by atoms with Crippen LogP contribution in [0, 0.1) is 11.8 Å². The van der Waals surface area contributed by atoms with Crippen LogP contribution in [0.25, 0.3) is 0 Å². The molecule has 1 aliphatic rings. The highest BCUT2D eigenvalue weighted by Crippen LogP contribution is 2.21. The Kier molecular flexibility index (Phi) is 6.95. The largest absolute Gasteiger partial charge is 0.481 e. The molecule has 21 heavy (non-hydrogen) atoms. The van der Waals surface area contributed by atoms with Crippen molar-refractivity contribution >= 4 is 12.0 Å². The number of amides is 2. The number of rotatable bonds is 7. The third kappa shape index (κ3) is 5.19. The van der Waals surface area contributed by atoms with Crippen molar-refractivity contribution in [2.75, 3.05) is 19.8 Å². The molecule has 1 fully saturated rings. The lowest BCUT2D eigenvalue weighted by molar-refractivity contribution is -0.142. The Morgan fingerprint density at radius 3 is 2.52 bits per heavy atom. The number of carboxylic acids is 1. The summed E-state index contributed by atoms with van der Waals surface area (Å²) in [6.07, 6.45) is 1.68. The second kappa shape index (κ2) is 8.22. The quantitative estimate of drug-likeness (QED) is 0.753. The summed E-state index contributed by atoms with van der Waals surface area (Å²) in [7, 11) is 0. The van der Waals surface area contributed by atoms with Crippen molar-refractivity contribution in [1.29, 1.82) is 0 Å². The first-order chi connectivity index (χ1) is 9.86. The third-order valence-electron chi connectivity index (χ3n) is 3.69. The van der Waals surface area contributed by atoms with Crippen LogP contribution in [0.1, 0.15) is 40.5 Å². The predicted octanol–water partition coefficient (Wildman–Crippen LogP) is 1.94. The van der Waals surface area contributed by atoms with E-state index in [1.165, 1.54) is 0 Å². The SMILES string of the molecule is CCCN(C(=O)NC(C)CC(C)C)C1COCC1C(=O)O. The summed E-state index contributed by atoms with van der Waals surface area (Å²) in [5.41, 5.74) is 0. The van der Waals surface area contributed by atoms with E-state index in [0.29, 0.717) is 19.1 Å². The molecule has 0 aromatic rings. The topological polar surface area (TPSA) is 78.9 Å². The van der Waals surface area contributed by atoms with Crippen LogP contribution in [0.3, 0.4) is 0 Å². The zero-order valence-electron chi connectivity index (χ0n) is 13.5. The Bertz CT molecular complexity index is 360. The van der Waals surface area contributed by atoms with Gasteiger partial charge in [0.25, 0.3) is 0 Å². The number of hydrogen-bond donors (Lipinski definition) is 2. The molecule has 0 aromatic carbocycles. The normalized spacial score (nSPS) is 23.1. The van der Waals surface area contributed by atoms with Gasteiger partial charge < -0.3 is 20.1 Å². The molecule has 0 aliphatic carbocycles. The van der Waals surface area contributed by atoms with Crippen molar-refractivity contribution in [3.8, 4) is 0 Å². The molecule has 1 heterocycles. The molecule has 2 N–H and O–H groups in total. The van der Waals surface area contributed by atoms with Crippen molar-refractivity contribution in [2.45, 2.75) is 52.6 Å². The van der Waals surface area contributed by atoms with Crippen LogP contribution >= 0.6 is 0 Å². The van der Waals surface area contributed by atoms with Gasteiger partial charge in [-0.2, -0.15) is 0 Å². The molecule has 3 unspecified atom stereocenters. The summed E-state index contributed by atoms with van der Waals surface area (Å²) < 4.78 is 5.28. The number of carboxylic acid groups (broad SMARTS) is 1. The maximum Gasteiger partial charge on any atom is 0.317 e. The molecular weight excluding hydrogens is 272 g/mol. The Hall–Kier alpha value is -1.30. The van der Waals surface area contributed by atoms with Crippen LogP contribution < -0.4 is 5.32 Å². The van der Waals surface area contributed by atoms with Gasteiger partial charge in [-0.15, -0.1) is 0 Å². The van der Waals surface area contributed by atoms with E-state index in [0.717, 1.165) is 12.8 Å². The lowest BCUT2D eigenvalue weighted by atomic mass is 10.0. The number of ether oxygens (including phenoxy) is 1. The summed E-state index contributed by atoms with van der Waals surface area (Å²) in [4.78, 5) is 25.3. The minimum absolute atomic E-state index is 0.0717. The molecule has 0 bridgehead atoms. The monoisotopic (exact) mass is 300 g/mol. The molecule has 3 atom stereocenters. The fourth-order valence-electron chi connectivity index (χ4n) is 2.80. The zero-order chi connectivity index (χ0) is 16.0. The van der Waals surface area contributed by atoms with Crippen molar-refractivity contribution in [3.05, 3.63) is 0 Å². The third-order valence-corrected chi connectivity index (χ3v) is 3.69. The molecule has 6 heteroatoms. The number of aliphatic carboxylic acids is 1. The summed E-state index contributed by atoms with van der Waals surface area (Å²) in [5, 5.41) is 12.2. The maximum atomic E-state index is 12.4. The van der Waals surface area contributed by atoms with E-state index < -0.39 is 11.9 Å². The van der Waals surface area contributed by atoms with Gasteiger partial charge in [-0.3, -0.25) is 4.79 Å². The van der Waals surface area contributed by atoms with Gasteiger partial charge in [-0.25, -0.2) is 4.79 Å². The Balaban J connectivity index is 2.71. The minimum Gasteiger partial charge on any atom is -0.481 e. The summed E-state index contributed by atoms with van der Waals surface area (Å²) in [6, 6.07) is -0.497. The fourth-order valence-corrected chi connectivity index (χ4v) is 2.80. The van der Waals surface area contributed by atoms with Gasteiger partial charge in [0.2, 0.25) is 0 Å². The van der Waals surface area contributed by atoms with Crippen LogP contribution in [0.2, 0.25) is 0 Å². The van der Waals surface area contributed by atoms with E-state index in [1.54, 1.807) is 4.90 Å². The molecule has 1 saturated heterocycles. The number of carbonyl (C=O) groups excluding carboxylic acids is 1. The average Bonchev–Trinajstić information content (AvgIpc) is 2.83. The van der Waals surface area contributed by atoms with Gasteiger partial charge in [0, 0.05) is 12.6 Å². The van der Waals surface area contributed by atoms with E-state index in [-0.39, 0.29) is 24.7 Å². The summed E-state index contributed by atoms with van der Waals surface area (Å²) >= 11 is 0. The fraction of sp³-hybridized carbons (Fsp3) is 0.867. The van der Waals surface area contributed by atoms with Gasteiger partial charge in [0.05, 0.1) is 19.3 Å². The highest BCUT2D eigenvalue weighted by atomic mass is 16.5. The maximum absolute atomic E-state index is 12.4. The number of carbonyl (C=O) groups is 2. The Morgan fingerprint density at radius 1 is 1.33 bits per heavy atom. The van der Waals surface area contributed by atoms with Crippen LogP contribution in [0.5, 0.6) is 0 Å². The molecule has 122 valence electrons. The Labute approximate surface area is 126 Å². The highest BCUT2D eigenvalue weighted by molar-refractivity contribution is 5.77. The molecule has 1 aliphatic heterocycles. The van der Waals surface area contributed by atoms with Gasteiger partial charge >= 0.3 is 12.0 Å². The molecule has 2 amide bonds. The van der Waals surface area contributed by atoms with Crippen LogP contribution in [-0.2, 0) is 9.53 Å². The number of nitrogens with zero attached hydrogens (tertiary/aromatic N) is 1. The second-order valence-corrected chi connectivity index (χ2v) is 6.22. The van der Waals surface area contributed by atoms with Crippen LogP contribution in [-0.4, -0.2) is 53.8 Å². The molecule has 0 aromatic heterocycles. The average molecular weight is 300 g/mol. The van der Waals surface area contributed by atoms with Gasteiger partial charge in [0.1, 0.15) is 5.92 Å². The van der Waals surface area contributed by atoms with E-state index in [2.05, 4.69) is 19.2 Å². The van der Waals surface area contributed by atoms with E-state index in [4.69, 9.17) is 4.74 Å². The minimum atomic E-state index is -0.901. The summed E-state index contributed by atoms with van der Waals surface area (Å²) in [5.74, 6) is -1.04. The first kappa shape index (κ1) is 17.8. The first-order valence-corrected chi connectivity index (χ1v) is 7.74. The lowest BCUT2D eigenvalue weighted by Gasteiger charge is -2.31.